The van der Waals surface area contributed by atoms with Crippen molar-refractivity contribution in [1.29, 1.82) is 0 Å². The van der Waals surface area contributed by atoms with Gasteiger partial charge in [0.15, 0.2) is 0 Å². The van der Waals surface area contributed by atoms with E-state index in [0.717, 1.165) is 6.20 Å². The zero-order chi connectivity index (χ0) is 13.4. The fourth-order valence-corrected chi connectivity index (χ4v) is 1.52. The van der Waals surface area contributed by atoms with Crippen LogP contribution in [0.1, 0.15) is 0 Å². The van der Waals surface area contributed by atoms with E-state index in [4.69, 9.17) is 0 Å². The van der Waals surface area contributed by atoms with Gasteiger partial charge in [-0.3, -0.25) is 0 Å². The number of aryl methyl sites for hydroxylation is 1. The van der Waals surface area contributed by atoms with E-state index in [9.17, 15) is 20.2 Å². The Bertz CT molecular complexity index is 642. The summed E-state index contributed by atoms with van der Waals surface area (Å²) >= 11 is 0. The van der Waals surface area contributed by atoms with Crippen molar-refractivity contribution in [2.75, 3.05) is 0 Å². The molecule has 10 nitrogen and oxygen atoms in total. The average Bonchev–Trinajstić information content (AvgIpc) is 2.81. The van der Waals surface area contributed by atoms with Crippen molar-refractivity contribution < 1.29 is 9.85 Å². The van der Waals surface area contributed by atoms with Crippen LogP contribution < -0.4 is 0 Å². The Morgan fingerprint density at radius 2 is 1.83 bits per heavy atom. The second-order valence-corrected chi connectivity index (χ2v) is 3.55. The summed E-state index contributed by atoms with van der Waals surface area (Å²) < 4.78 is 2.61. The van der Waals surface area contributed by atoms with Gasteiger partial charge in [-0.25, -0.2) is 9.55 Å². The molecule has 2 aromatic rings. The van der Waals surface area contributed by atoms with Crippen LogP contribution in [-0.4, -0.2) is 28.9 Å². The Morgan fingerprint density at radius 3 is 2.28 bits per heavy atom. The zero-order valence-electron chi connectivity index (χ0n) is 9.47. The van der Waals surface area contributed by atoms with Crippen molar-refractivity contribution in [1.82, 2.24) is 19.1 Å². The molecular weight excluding hydrogens is 244 g/mol. The SMILES string of the molecule is Cn1cc([N+](=O)[O-])nc1-c1ncc([N+](=O)[O-])n1C. The lowest BCUT2D eigenvalue weighted by Gasteiger charge is -1.95. The van der Waals surface area contributed by atoms with Crippen LogP contribution in [0.3, 0.4) is 0 Å². The molecule has 0 amide bonds. The molecule has 0 aliphatic heterocycles. The lowest BCUT2D eigenvalue weighted by Crippen LogP contribution is -2.02. The summed E-state index contributed by atoms with van der Waals surface area (Å²) in [4.78, 5) is 27.7. The van der Waals surface area contributed by atoms with E-state index < -0.39 is 9.85 Å². The number of nitrogens with zero attached hydrogens (tertiary/aromatic N) is 6. The minimum atomic E-state index is -0.638. The number of nitro groups is 2. The van der Waals surface area contributed by atoms with Gasteiger partial charge in [0, 0.05) is 7.05 Å². The first kappa shape index (κ1) is 11.7. The smallest absolute Gasteiger partial charge is 0.358 e. The molecule has 2 aromatic heterocycles. The Labute approximate surface area is 99.8 Å². The molecule has 0 N–H and O–H groups in total. The van der Waals surface area contributed by atoms with Crippen LogP contribution in [0.4, 0.5) is 11.6 Å². The monoisotopic (exact) mass is 252 g/mol. The minimum absolute atomic E-state index is 0.192. The molecule has 0 spiro atoms. The third-order valence-electron chi connectivity index (χ3n) is 2.40. The molecule has 0 unspecified atom stereocenters. The van der Waals surface area contributed by atoms with E-state index in [1.807, 2.05) is 0 Å². The summed E-state index contributed by atoms with van der Waals surface area (Å²) in [6, 6.07) is 0. The van der Waals surface area contributed by atoms with E-state index >= 15 is 0 Å². The fraction of sp³-hybridized carbons (Fsp3) is 0.250. The van der Waals surface area contributed by atoms with Gasteiger partial charge in [-0.05, 0) is 14.8 Å². The highest BCUT2D eigenvalue weighted by molar-refractivity contribution is 5.50. The molecule has 10 heteroatoms. The molecule has 0 aliphatic rings. The minimum Gasteiger partial charge on any atom is -0.358 e. The van der Waals surface area contributed by atoms with E-state index in [2.05, 4.69) is 9.97 Å². The molecule has 0 aromatic carbocycles. The Balaban J connectivity index is 2.55. The second kappa shape index (κ2) is 3.91. The predicted octanol–water partition coefficient (Wildman–Crippen LogP) is 0.637. The summed E-state index contributed by atoms with van der Waals surface area (Å²) in [5, 5.41) is 21.3. The van der Waals surface area contributed by atoms with Crippen LogP contribution in [0.2, 0.25) is 0 Å². The number of rotatable bonds is 3. The largest absolute Gasteiger partial charge is 0.382 e. The standard InChI is InChI=1S/C8H8N6O4/c1-11-4-5(13(15)16)10-8(11)7-9-3-6(12(7)2)14(17)18/h3-4H,1-2H3. The maximum atomic E-state index is 10.7. The topological polar surface area (TPSA) is 122 Å². The van der Waals surface area contributed by atoms with Crippen molar-refractivity contribution >= 4 is 11.6 Å². The van der Waals surface area contributed by atoms with Gasteiger partial charge in [-0.15, -0.1) is 0 Å². The molecule has 18 heavy (non-hydrogen) atoms. The normalized spacial score (nSPS) is 10.6. The van der Waals surface area contributed by atoms with Gasteiger partial charge >= 0.3 is 17.5 Å². The van der Waals surface area contributed by atoms with E-state index in [-0.39, 0.29) is 23.3 Å². The lowest BCUT2D eigenvalue weighted by atomic mass is 10.5. The third kappa shape index (κ3) is 1.69. The van der Waals surface area contributed by atoms with Crippen LogP contribution in [0.5, 0.6) is 0 Å². The predicted molar refractivity (Wildman–Crippen MR) is 58.7 cm³/mol. The molecule has 2 heterocycles. The van der Waals surface area contributed by atoms with Crippen LogP contribution in [0.15, 0.2) is 12.4 Å². The van der Waals surface area contributed by atoms with Gasteiger partial charge in [0.25, 0.3) is 5.82 Å². The maximum absolute atomic E-state index is 10.7. The molecule has 0 aliphatic carbocycles. The quantitative estimate of drug-likeness (QED) is 0.583. The molecule has 0 saturated carbocycles. The fourth-order valence-electron chi connectivity index (χ4n) is 1.52. The van der Waals surface area contributed by atoms with Gasteiger partial charge in [0.05, 0.1) is 7.05 Å². The summed E-state index contributed by atoms with van der Waals surface area (Å²) in [5.74, 6) is -0.164. The van der Waals surface area contributed by atoms with Gasteiger partial charge in [0.1, 0.15) is 12.4 Å². The first-order valence-electron chi connectivity index (χ1n) is 4.76. The summed E-state index contributed by atoms with van der Waals surface area (Å²) in [5.41, 5.74) is 0. The highest BCUT2D eigenvalue weighted by atomic mass is 16.6. The highest BCUT2D eigenvalue weighted by Crippen LogP contribution is 2.23. The van der Waals surface area contributed by atoms with Crippen molar-refractivity contribution in [3.05, 3.63) is 32.6 Å². The average molecular weight is 252 g/mol. The Hall–Kier alpha value is -2.78. The highest BCUT2D eigenvalue weighted by Gasteiger charge is 2.27. The number of aromatic nitrogens is 4. The third-order valence-corrected chi connectivity index (χ3v) is 2.40. The van der Waals surface area contributed by atoms with Gasteiger partial charge in [-0.1, -0.05) is 0 Å². The van der Waals surface area contributed by atoms with Crippen LogP contribution in [0.25, 0.3) is 11.6 Å². The summed E-state index contributed by atoms with van der Waals surface area (Å²) in [6.07, 6.45) is 2.30. The van der Waals surface area contributed by atoms with Crippen molar-refractivity contribution in [2.45, 2.75) is 0 Å². The van der Waals surface area contributed by atoms with Crippen molar-refractivity contribution in [3.63, 3.8) is 0 Å². The van der Waals surface area contributed by atoms with E-state index in [1.54, 1.807) is 7.05 Å². The number of hydrogen-bond acceptors (Lipinski definition) is 6. The summed E-state index contributed by atoms with van der Waals surface area (Å²) in [6.45, 7) is 0. The molecule has 2 rings (SSSR count). The van der Waals surface area contributed by atoms with Crippen molar-refractivity contribution in [2.24, 2.45) is 14.1 Å². The first-order chi connectivity index (χ1) is 8.41. The zero-order valence-corrected chi connectivity index (χ0v) is 9.47. The summed E-state index contributed by atoms with van der Waals surface area (Å²) in [7, 11) is 3.00. The van der Waals surface area contributed by atoms with Crippen LogP contribution in [-0.2, 0) is 14.1 Å². The van der Waals surface area contributed by atoms with Gasteiger partial charge in [0.2, 0.25) is 0 Å². The molecule has 0 radical (unpaired) electrons. The lowest BCUT2D eigenvalue weighted by molar-refractivity contribution is -0.391. The van der Waals surface area contributed by atoms with Gasteiger partial charge in [-0.2, -0.15) is 0 Å². The second-order valence-electron chi connectivity index (χ2n) is 3.55. The molecule has 0 atom stereocenters. The Kier molecular flexibility index (Phi) is 2.54. The van der Waals surface area contributed by atoms with Crippen molar-refractivity contribution in [3.8, 4) is 11.6 Å². The van der Waals surface area contributed by atoms with E-state index in [0.29, 0.717) is 0 Å². The van der Waals surface area contributed by atoms with Crippen LogP contribution >= 0.6 is 0 Å². The molecular formula is C8H8N6O4. The molecule has 0 bridgehead atoms. The number of hydrogen-bond donors (Lipinski definition) is 0. The van der Waals surface area contributed by atoms with E-state index in [1.165, 1.54) is 22.4 Å². The number of imidazole rings is 2. The first-order valence-corrected chi connectivity index (χ1v) is 4.76. The molecule has 94 valence electrons. The maximum Gasteiger partial charge on any atom is 0.382 e. The van der Waals surface area contributed by atoms with Gasteiger partial charge < -0.3 is 24.8 Å². The molecule has 0 fully saturated rings. The Morgan fingerprint density at radius 1 is 1.17 bits per heavy atom. The molecule has 0 saturated heterocycles. The van der Waals surface area contributed by atoms with Crippen LogP contribution in [0, 0.1) is 20.2 Å².